The third-order valence-corrected chi connectivity index (χ3v) is 14.7. The summed E-state index contributed by atoms with van der Waals surface area (Å²) in [6.45, 7) is 26.6. The SMILES string of the molecule is C=Cc1c2[nH]c(c1C)/C=C1\N/C(=C3\c4[nH]c(c(C)c4[C@H](O)[C@@H]3C(=O)OC)/C=c3\[nH]/c(c(C)c3CC)=C\2)[C@@H](CCC(=O)OC/C=C(/C)CCC[C@H](C)CCC[C@H](C)CCCC(C)C)[C@@H]1C. The summed E-state index contributed by atoms with van der Waals surface area (Å²) < 4.78 is 11.2. The molecule has 5 heterocycles. The lowest BCUT2D eigenvalue weighted by Gasteiger charge is -2.21. The van der Waals surface area contributed by atoms with E-state index in [2.05, 4.69) is 113 Å². The Kier molecular flexibility index (Phi) is 16.3. The number of ether oxygens (including phenoxy) is 2. The minimum Gasteiger partial charge on any atom is -0.468 e. The molecule has 1 aliphatic carbocycles. The number of allylic oxidation sites excluding steroid dienone is 3. The number of carbonyl (C=O) groups excluding carboxylic acids is 2. The van der Waals surface area contributed by atoms with Crippen LogP contribution in [0.4, 0.5) is 0 Å². The molecular formula is C55H78N4O5. The van der Waals surface area contributed by atoms with Crippen molar-refractivity contribution in [3.8, 4) is 0 Å². The number of aliphatic hydroxyl groups is 1. The smallest absolute Gasteiger partial charge is 0.316 e. The third-order valence-electron chi connectivity index (χ3n) is 14.7. The summed E-state index contributed by atoms with van der Waals surface area (Å²) in [6, 6.07) is 0. The summed E-state index contributed by atoms with van der Waals surface area (Å²) >= 11 is 0. The van der Waals surface area contributed by atoms with Gasteiger partial charge in [-0.25, -0.2) is 0 Å². The summed E-state index contributed by atoms with van der Waals surface area (Å²) in [4.78, 5) is 38.2. The fourth-order valence-corrected chi connectivity index (χ4v) is 10.6. The number of hydrogen-bond acceptors (Lipinski definition) is 6. The monoisotopic (exact) mass is 875 g/mol. The highest BCUT2D eigenvalue weighted by molar-refractivity contribution is 5.95. The molecule has 2 aliphatic heterocycles. The molecule has 64 heavy (non-hydrogen) atoms. The standard InChI is InChI=1S/C55H78N4O5/c1-13-39-35(8)42-28-44-37(10)41(24-25-48(60)64-27-26-34(7)23-17-22-33(6)21-16-20-32(5)19-15-18-31(3)4)52(58-44)50-51(55(62)63-12)54(61)49-38(11)45(59-53(49)50)30-47-40(14-2)36(9)43(57-47)29-46(39)56-42/h13,26,28-33,37,41,51,54,56-59,61H,1,14-25,27H2,2-12H3/b34-26-,43-29-,44-28-,47-30-,52-50-/t32-,33-,37+,41+,51-,54+/m1/s1. The van der Waals surface area contributed by atoms with Gasteiger partial charge in [0.15, 0.2) is 0 Å². The van der Waals surface area contributed by atoms with Crippen molar-refractivity contribution < 1.29 is 24.2 Å². The summed E-state index contributed by atoms with van der Waals surface area (Å²) in [5, 5.41) is 17.8. The average Bonchev–Trinajstić information content (AvgIpc) is 3.99. The van der Waals surface area contributed by atoms with Crippen LogP contribution in [0.5, 0.6) is 0 Å². The van der Waals surface area contributed by atoms with Crippen LogP contribution in [0, 0.1) is 56.3 Å². The molecule has 5 N–H and O–H groups in total. The van der Waals surface area contributed by atoms with Gasteiger partial charge in [0.2, 0.25) is 0 Å². The van der Waals surface area contributed by atoms with E-state index in [1.807, 2.05) is 13.0 Å². The molecule has 0 radical (unpaired) electrons. The topological polar surface area (TPSA) is 132 Å². The molecule has 3 aromatic heterocycles. The van der Waals surface area contributed by atoms with Gasteiger partial charge in [-0.05, 0) is 118 Å². The van der Waals surface area contributed by atoms with E-state index in [4.69, 9.17) is 9.47 Å². The second kappa shape index (κ2) is 21.5. The maximum Gasteiger partial charge on any atom is 0.316 e. The number of esters is 2. The van der Waals surface area contributed by atoms with Crippen LogP contribution in [0.15, 0.2) is 29.6 Å². The molecule has 3 aromatic rings. The quantitative estimate of drug-likeness (QED) is 0.0567. The van der Waals surface area contributed by atoms with Crippen LogP contribution < -0.4 is 16.0 Å². The summed E-state index contributed by atoms with van der Waals surface area (Å²) in [6.07, 6.45) is 22.2. The second-order valence-electron chi connectivity index (χ2n) is 19.9. The molecule has 0 saturated carbocycles. The third kappa shape index (κ3) is 10.7. The number of methoxy groups -OCH3 is 1. The zero-order valence-electron chi connectivity index (χ0n) is 40.9. The van der Waals surface area contributed by atoms with Crippen LogP contribution >= 0.6 is 0 Å². The van der Waals surface area contributed by atoms with Crippen LogP contribution in [0.3, 0.4) is 0 Å². The zero-order valence-corrected chi connectivity index (χ0v) is 40.9. The lowest BCUT2D eigenvalue weighted by molar-refractivity contribution is -0.146. The van der Waals surface area contributed by atoms with Crippen molar-refractivity contribution in [1.82, 2.24) is 20.3 Å². The van der Waals surface area contributed by atoms with Crippen molar-refractivity contribution in [2.45, 2.75) is 152 Å². The van der Waals surface area contributed by atoms with E-state index in [0.29, 0.717) is 17.6 Å². The van der Waals surface area contributed by atoms with E-state index >= 15 is 0 Å². The highest BCUT2D eigenvalue weighted by atomic mass is 16.5. The van der Waals surface area contributed by atoms with Gasteiger partial charge in [0, 0.05) is 74.1 Å². The molecule has 6 atom stereocenters. The van der Waals surface area contributed by atoms with E-state index in [9.17, 15) is 14.7 Å². The molecule has 1 saturated heterocycles. The molecule has 0 unspecified atom stereocenters. The van der Waals surface area contributed by atoms with Crippen LogP contribution in [0.1, 0.15) is 181 Å². The number of fused-ring (bicyclic) bond motifs is 7. The number of rotatable bonds is 20. The van der Waals surface area contributed by atoms with Crippen LogP contribution in [-0.4, -0.2) is 45.7 Å². The first-order valence-corrected chi connectivity index (χ1v) is 24.4. The maximum atomic E-state index is 13.7. The molecule has 0 amide bonds. The molecule has 1 fully saturated rings. The van der Waals surface area contributed by atoms with Gasteiger partial charge in [0.25, 0.3) is 0 Å². The number of aliphatic hydroxyl groups excluding tert-OH is 1. The Morgan fingerprint density at radius 1 is 0.844 bits per heavy atom. The Balaban J connectivity index is 1.21. The number of aromatic nitrogens is 3. The largest absolute Gasteiger partial charge is 0.468 e. The van der Waals surface area contributed by atoms with Gasteiger partial charge in [-0.1, -0.05) is 105 Å². The van der Waals surface area contributed by atoms with Crippen molar-refractivity contribution in [3.05, 3.63) is 96.5 Å². The molecule has 6 rings (SSSR count). The Labute approximate surface area is 383 Å². The number of aromatic amines is 3. The Morgan fingerprint density at radius 2 is 1.50 bits per heavy atom. The lowest BCUT2D eigenvalue weighted by Crippen LogP contribution is -2.24. The summed E-state index contributed by atoms with van der Waals surface area (Å²) in [5.74, 6) is 0.404. The first-order valence-electron chi connectivity index (χ1n) is 24.4. The normalized spacial score (nSPS) is 23.1. The molecular weight excluding hydrogens is 797 g/mol. The van der Waals surface area contributed by atoms with E-state index < -0.39 is 18.0 Å². The van der Waals surface area contributed by atoms with Gasteiger partial charge in [-0.3, -0.25) is 9.59 Å². The van der Waals surface area contributed by atoms with E-state index in [0.717, 1.165) is 98.6 Å². The molecule has 0 aromatic carbocycles. The minimum absolute atomic E-state index is 0.0579. The maximum absolute atomic E-state index is 13.7. The average molecular weight is 875 g/mol. The molecule has 9 nitrogen and oxygen atoms in total. The molecule has 0 spiro atoms. The second-order valence-corrected chi connectivity index (χ2v) is 19.9. The van der Waals surface area contributed by atoms with Gasteiger partial charge in [-0.15, -0.1) is 0 Å². The van der Waals surface area contributed by atoms with Crippen molar-refractivity contribution >= 4 is 41.8 Å². The molecule has 3 aliphatic rings. The van der Waals surface area contributed by atoms with Gasteiger partial charge < -0.3 is 34.8 Å². The number of hydrogen-bond donors (Lipinski definition) is 5. The Hall–Kier alpha value is -4.76. The van der Waals surface area contributed by atoms with Crippen LogP contribution in [-0.2, 0) is 25.5 Å². The summed E-state index contributed by atoms with van der Waals surface area (Å²) in [7, 11) is 1.37. The van der Waals surface area contributed by atoms with Crippen molar-refractivity contribution in [2.24, 2.45) is 35.5 Å². The van der Waals surface area contributed by atoms with Gasteiger partial charge in [0.1, 0.15) is 12.5 Å². The molecule has 348 valence electrons. The van der Waals surface area contributed by atoms with E-state index in [1.165, 1.54) is 68.8 Å². The predicted molar refractivity (Wildman–Crippen MR) is 262 cm³/mol. The van der Waals surface area contributed by atoms with Gasteiger partial charge in [0.05, 0.1) is 18.9 Å². The van der Waals surface area contributed by atoms with Gasteiger partial charge >= 0.3 is 11.9 Å². The van der Waals surface area contributed by atoms with Crippen molar-refractivity contribution in [3.63, 3.8) is 0 Å². The molecule has 8 bridgehead atoms. The van der Waals surface area contributed by atoms with Crippen molar-refractivity contribution in [2.75, 3.05) is 13.7 Å². The predicted octanol–water partition coefficient (Wildman–Crippen LogP) is 10.9. The first-order chi connectivity index (χ1) is 30.6. The Morgan fingerprint density at radius 3 is 2.16 bits per heavy atom. The number of carbonyl (C=O) groups is 2. The fourth-order valence-electron chi connectivity index (χ4n) is 10.6. The first kappa shape index (κ1) is 48.7. The van der Waals surface area contributed by atoms with E-state index in [1.54, 1.807) is 0 Å². The molecule has 9 heteroatoms. The lowest BCUT2D eigenvalue weighted by atomic mass is 9.84. The highest BCUT2D eigenvalue weighted by Gasteiger charge is 2.48. The highest BCUT2D eigenvalue weighted by Crippen LogP contribution is 2.52. The minimum atomic E-state index is -1.11. The summed E-state index contributed by atoms with van der Waals surface area (Å²) in [5.41, 5.74) is 13.2. The number of nitrogens with one attached hydrogen (secondary N) is 4. The van der Waals surface area contributed by atoms with Crippen LogP contribution in [0.25, 0.3) is 29.9 Å². The zero-order chi connectivity index (χ0) is 46.4. The van der Waals surface area contributed by atoms with Gasteiger partial charge in [-0.2, -0.15) is 0 Å². The Bertz CT molecular complexity index is 2400. The number of H-pyrrole nitrogens is 3. The van der Waals surface area contributed by atoms with Crippen LogP contribution in [0.2, 0.25) is 0 Å². The fraction of sp³-hybridized carbons (Fsp3) is 0.564. The van der Waals surface area contributed by atoms with Crippen molar-refractivity contribution in [1.29, 1.82) is 0 Å². The van der Waals surface area contributed by atoms with E-state index in [-0.39, 0.29) is 30.8 Å².